The summed E-state index contributed by atoms with van der Waals surface area (Å²) in [4.78, 5) is 16.4. The maximum Gasteiger partial charge on any atom is 0.222 e. The van der Waals surface area contributed by atoms with E-state index in [4.69, 9.17) is 0 Å². The van der Waals surface area contributed by atoms with Crippen LogP contribution in [-0.4, -0.2) is 48.9 Å². The number of amides is 1. The van der Waals surface area contributed by atoms with E-state index in [9.17, 15) is 4.79 Å². The highest BCUT2D eigenvalue weighted by atomic mass is 16.2. The molecule has 0 N–H and O–H groups in total. The molecule has 2 aliphatic heterocycles. The van der Waals surface area contributed by atoms with Gasteiger partial charge in [0, 0.05) is 19.5 Å². The van der Waals surface area contributed by atoms with Crippen molar-refractivity contribution in [3.05, 3.63) is 0 Å². The molecule has 0 radical (unpaired) electrons. The van der Waals surface area contributed by atoms with Crippen molar-refractivity contribution in [2.45, 2.75) is 39.0 Å². The van der Waals surface area contributed by atoms with E-state index in [-0.39, 0.29) is 0 Å². The molecule has 3 heteroatoms. The van der Waals surface area contributed by atoms with E-state index in [0.29, 0.717) is 11.3 Å². The number of likely N-dealkylation sites (tertiary alicyclic amines) is 2. The number of hydrogen-bond acceptors (Lipinski definition) is 2. The van der Waals surface area contributed by atoms with Gasteiger partial charge in [-0.05, 0) is 51.2 Å². The third-order valence-corrected chi connectivity index (χ3v) is 4.30. The third-order valence-electron chi connectivity index (χ3n) is 4.30. The fourth-order valence-electron chi connectivity index (χ4n) is 3.02. The summed E-state index contributed by atoms with van der Waals surface area (Å²) in [6, 6.07) is 0. The van der Waals surface area contributed by atoms with Gasteiger partial charge in [0.25, 0.3) is 0 Å². The molecule has 2 saturated heterocycles. The molecule has 2 aliphatic rings. The Hall–Kier alpha value is -0.570. The van der Waals surface area contributed by atoms with Crippen molar-refractivity contribution in [1.29, 1.82) is 0 Å². The molecule has 0 aromatic heterocycles. The van der Waals surface area contributed by atoms with Crippen molar-refractivity contribution in [1.82, 2.24) is 9.80 Å². The molecule has 3 nitrogen and oxygen atoms in total. The lowest BCUT2D eigenvalue weighted by Gasteiger charge is -2.37. The van der Waals surface area contributed by atoms with Crippen LogP contribution in [0.1, 0.15) is 39.0 Å². The van der Waals surface area contributed by atoms with E-state index in [2.05, 4.69) is 23.8 Å². The summed E-state index contributed by atoms with van der Waals surface area (Å²) in [5.74, 6) is 0.373. The molecule has 0 saturated carbocycles. The van der Waals surface area contributed by atoms with Crippen LogP contribution in [0.25, 0.3) is 0 Å². The van der Waals surface area contributed by atoms with Crippen molar-refractivity contribution in [2.75, 3.05) is 33.2 Å². The molecule has 0 unspecified atom stereocenters. The first-order valence-corrected chi connectivity index (χ1v) is 6.61. The number of nitrogens with zero attached hydrogens (tertiary/aromatic N) is 2. The van der Waals surface area contributed by atoms with Gasteiger partial charge in [-0.15, -0.1) is 0 Å². The fourth-order valence-corrected chi connectivity index (χ4v) is 3.02. The van der Waals surface area contributed by atoms with Crippen LogP contribution in [0.3, 0.4) is 0 Å². The molecule has 92 valence electrons. The summed E-state index contributed by atoms with van der Waals surface area (Å²) in [5.41, 5.74) is 0.468. The SMILES string of the molecule is CCCC(=O)N1CCC2(CCN(C)CC2)C1. The Kier molecular flexibility index (Phi) is 3.53. The number of carbonyl (C=O) groups is 1. The largest absolute Gasteiger partial charge is 0.342 e. The molecule has 2 fully saturated rings. The van der Waals surface area contributed by atoms with Crippen LogP contribution in [0.15, 0.2) is 0 Å². The predicted molar refractivity (Wildman–Crippen MR) is 65.3 cm³/mol. The minimum Gasteiger partial charge on any atom is -0.342 e. The maximum absolute atomic E-state index is 11.9. The van der Waals surface area contributed by atoms with Gasteiger partial charge in [-0.25, -0.2) is 0 Å². The molecule has 2 heterocycles. The van der Waals surface area contributed by atoms with Crippen molar-refractivity contribution < 1.29 is 4.79 Å². The highest BCUT2D eigenvalue weighted by molar-refractivity contribution is 5.76. The quantitative estimate of drug-likeness (QED) is 0.713. The first-order chi connectivity index (χ1) is 7.65. The molecule has 1 spiro atoms. The Morgan fingerprint density at radius 3 is 2.44 bits per heavy atom. The Bertz CT molecular complexity index is 257. The molecular formula is C13H24N2O. The molecule has 0 aliphatic carbocycles. The Labute approximate surface area is 98.8 Å². The van der Waals surface area contributed by atoms with Gasteiger partial charge >= 0.3 is 0 Å². The Morgan fingerprint density at radius 2 is 1.81 bits per heavy atom. The van der Waals surface area contributed by atoms with E-state index in [1.165, 1.54) is 32.4 Å². The van der Waals surface area contributed by atoms with Gasteiger partial charge in [0.1, 0.15) is 0 Å². The summed E-state index contributed by atoms with van der Waals surface area (Å²) in [6.45, 7) is 6.52. The molecular weight excluding hydrogens is 200 g/mol. The summed E-state index contributed by atoms with van der Waals surface area (Å²) in [7, 11) is 2.20. The number of piperidine rings is 1. The predicted octanol–water partition coefficient (Wildman–Crippen LogP) is 1.73. The Morgan fingerprint density at radius 1 is 1.19 bits per heavy atom. The van der Waals surface area contributed by atoms with Gasteiger partial charge in [0.05, 0.1) is 0 Å². The first-order valence-electron chi connectivity index (χ1n) is 6.61. The van der Waals surface area contributed by atoms with Crippen LogP contribution >= 0.6 is 0 Å². The van der Waals surface area contributed by atoms with Gasteiger partial charge in [0.2, 0.25) is 5.91 Å². The molecule has 0 aromatic carbocycles. The average Bonchev–Trinajstić information content (AvgIpc) is 2.68. The van der Waals surface area contributed by atoms with Crippen LogP contribution in [-0.2, 0) is 4.79 Å². The molecule has 0 bridgehead atoms. The van der Waals surface area contributed by atoms with E-state index >= 15 is 0 Å². The smallest absolute Gasteiger partial charge is 0.222 e. The minimum absolute atomic E-state index is 0.373. The molecule has 1 amide bonds. The second kappa shape index (κ2) is 4.74. The second-order valence-electron chi connectivity index (χ2n) is 5.62. The minimum atomic E-state index is 0.373. The summed E-state index contributed by atoms with van der Waals surface area (Å²) >= 11 is 0. The van der Waals surface area contributed by atoms with Crippen molar-refractivity contribution >= 4 is 5.91 Å². The standard InChI is InChI=1S/C13H24N2O/c1-3-4-12(16)15-10-7-13(11-15)5-8-14(2)9-6-13/h3-11H2,1-2H3. The van der Waals surface area contributed by atoms with Crippen molar-refractivity contribution in [3.63, 3.8) is 0 Å². The zero-order valence-corrected chi connectivity index (χ0v) is 10.7. The van der Waals surface area contributed by atoms with E-state index in [1.807, 2.05) is 0 Å². The van der Waals surface area contributed by atoms with Gasteiger partial charge in [-0.3, -0.25) is 4.79 Å². The zero-order chi connectivity index (χ0) is 11.6. The molecule has 0 atom stereocenters. The molecule has 16 heavy (non-hydrogen) atoms. The highest BCUT2D eigenvalue weighted by Crippen LogP contribution is 2.40. The number of hydrogen-bond donors (Lipinski definition) is 0. The van der Waals surface area contributed by atoms with Crippen LogP contribution in [0, 0.1) is 5.41 Å². The van der Waals surface area contributed by atoms with Gasteiger partial charge < -0.3 is 9.80 Å². The lowest BCUT2D eigenvalue weighted by molar-refractivity contribution is -0.130. The summed E-state index contributed by atoms with van der Waals surface area (Å²) in [6.07, 6.45) is 5.50. The second-order valence-corrected chi connectivity index (χ2v) is 5.62. The normalized spacial score (nSPS) is 25.2. The van der Waals surface area contributed by atoms with Gasteiger partial charge in [-0.2, -0.15) is 0 Å². The molecule has 0 aromatic rings. The van der Waals surface area contributed by atoms with Crippen LogP contribution < -0.4 is 0 Å². The van der Waals surface area contributed by atoms with Crippen molar-refractivity contribution in [2.24, 2.45) is 5.41 Å². The monoisotopic (exact) mass is 224 g/mol. The Balaban J connectivity index is 1.89. The summed E-state index contributed by atoms with van der Waals surface area (Å²) in [5, 5.41) is 0. The van der Waals surface area contributed by atoms with Crippen LogP contribution in [0.4, 0.5) is 0 Å². The highest BCUT2D eigenvalue weighted by Gasteiger charge is 2.41. The van der Waals surface area contributed by atoms with E-state index in [0.717, 1.165) is 25.9 Å². The van der Waals surface area contributed by atoms with E-state index in [1.54, 1.807) is 0 Å². The molecule has 2 rings (SSSR count). The van der Waals surface area contributed by atoms with Crippen LogP contribution in [0.5, 0.6) is 0 Å². The number of carbonyl (C=O) groups excluding carboxylic acids is 1. The third kappa shape index (κ3) is 2.40. The van der Waals surface area contributed by atoms with Gasteiger partial charge in [0.15, 0.2) is 0 Å². The van der Waals surface area contributed by atoms with Gasteiger partial charge in [-0.1, -0.05) is 6.92 Å². The van der Waals surface area contributed by atoms with Crippen LogP contribution in [0.2, 0.25) is 0 Å². The number of rotatable bonds is 2. The van der Waals surface area contributed by atoms with Crippen molar-refractivity contribution in [3.8, 4) is 0 Å². The average molecular weight is 224 g/mol. The zero-order valence-electron chi connectivity index (χ0n) is 10.7. The topological polar surface area (TPSA) is 23.6 Å². The maximum atomic E-state index is 11.9. The summed E-state index contributed by atoms with van der Waals surface area (Å²) < 4.78 is 0. The first kappa shape index (κ1) is 11.9. The van der Waals surface area contributed by atoms with E-state index < -0.39 is 0 Å². The fraction of sp³-hybridized carbons (Fsp3) is 0.923. The lowest BCUT2D eigenvalue weighted by Crippen LogP contribution is -2.40. The lowest BCUT2D eigenvalue weighted by atomic mass is 9.78.